The highest BCUT2D eigenvalue weighted by atomic mass is 16.4. The van der Waals surface area contributed by atoms with Gasteiger partial charge in [-0.15, -0.1) is 0 Å². The van der Waals surface area contributed by atoms with Crippen LogP contribution in [0.3, 0.4) is 0 Å². The number of benzene rings is 2. The quantitative estimate of drug-likeness (QED) is 0.257. The van der Waals surface area contributed by atoms with E-state index < -0.39 is 6.09 Å². The molecule has 0 aliphatic heterocycles. The third-order valence-electron chi connectivity index (χ3n) is 6.25. The molecule has 0 fully saturated rings. The zero-order chi connectivity index (χ0) is 26.5. The van der Waals surface area contributed by atoms with E-state index in [2.05, 4.69) is 33.5 Å². The molecular weight excluding hydrogens is 476 g/mol. The standard InChI is InChI=1S/C30H28N6O2/c1-20(2)36(30(37)38)19-21-15-23(17-31-16-21)28-34-26-13-8-12-25(22-9-4-3-5-10-22)27(26)29(35-28)33-18-24-11-6-7-14-32-24/h3-17,20H,18-19H2,1-2H3,(H,37,38)(H,33,34,35). The number of aromatic nitrogens is 4. The summed E-state index contributed by atoms with van der Waals surface area (Å²) in [6, 6.07) is 23.7. The summed E-state index contributed by atoms with van der Waals surface area (Å²) >= 11 is 0. The van der Waals surface area contributed by atoms with Gasteiger partial charge in [0.2, 0.25) is 0 Å². The van der Waals surface area contributed by atoms with Crippen LogP contribution >= 0.6 is 0 Å². The van der Waals surface area contributed by atoms with Gasteiger partial charge in [-0.25, -0.2) is 14.8 Å². The minimum absolute atomic E-state index is 0.160. The molecule has 0 unspecified atom stereocenters. The van der Waals surface area contributed by atoms with Crippen LogP contribution in [-0.4, -0.2) is 42.1 Å². The Labute approximate surface area is 221 Å². The Morgan fingerprint density at radius 1 is 0.947 bits per heavy atom. The minimum Gasteiger partial charge on any atom is -0.465 e. The molecule has 0 atom stereocenters. The lowest BCUT2D eigenvalue weighted by molar-refractivity contribution is 0.128. The summed E-state index contributed by atoms with van der Waals surface area (Å²) in [6.45, 7) is 4.42. The van der Waals surface area contributed by atoms with Crippen molar-refractivity contribution in [2.24, 2.45) is 0 Å². The Bertz CT molecular complexity index is 1560. The predicted octanol–water partition coefficient (Wildman–Crippen LogP) is 6.25. The lowest BCUT2D eigenvalue weighted by Gasteiger charge is -2.23. The molecular formula is C30H28N6O2. The van der Waals surface area contributed by atoms with E-state index in [1.54, 1.807) is 18.6 Å². The monoisotopic (exact) mass is 504 g/mol. The van der Waals surface area contributed by atoms with E-state index in [-0.39, 0.29) is 12.6 Å². The number of carboxylic acid groups (broad SMARTS) is 1. The zero-order valence-corrected chi connectivity index (χ0v) is 21.2. The Morgan fingerprint density at radius 2 is 1.76 bits per heavy atom. The van der Waals surface area contributed by atoms with Gasteiger partial charge in [0, 0.05) is 30.2 Å². The van der Waals surface area contributed by atoms with Crippen molar-refractivity contribution in [1.29, 1.82) is 0 Å². The molecule has 2 aromatic carbocycles. The van der Waals surface area contributed by atoms with Crippen LogP contribution in [0, 0.1) is 0 Å². The number of carbonyl (C=O) groups is 1. The molecule has 0 saturated carbocycles. The molecule has 5 aromatic rings. The molecule has 1 amide bonds. The molecule has 0 aliphatic rings. The minimum atomic E-state index is -0.971. The SMILES string of the molecule is CC(C)N(Cc1cncc(-c2nc(NCc3ccccn3)c3c(-c4ccccc4)cccc3n2)c1)C(=O)O. The average Bonchev–Trinajstić information content (AvgIpc) is 2.95. The van der Waals surface area contributed by atoms with Crippen LogP contribution < -0.4 is 5.32 Å². The summed E-state index contributed by atoms with van der Waals surface area (Å²) in [5, 5.41) is 14.0. The maximum absolute atomic E-state index is 11.7. The van der Waals surface area contributed by atoms with E-state index in [1.807, 2.05) is 68.4 Å². The summed E-state index contributed by atoms with van der Waals surface area (Å²) in [6.07, 6.45) is 4.18. The summed E-state index contributed by atoms with van der Waals surface area (Å²) in [4.78, 5) is 31.7. The van der Waals surface area contributed by atoms with E-state index in [4.69, 9.17) is 9.97 Å². The van der Waals surface area contributed by atoms with Gasteiger partial charge in [-0.3, -0.25) is 9.97 Å². The van der Waals surface area contributed by atoms with Gasteiger partial charge in [-0.05, 0) is 54.8 Å². The van der Waals surface area contributed by atoms with Crippen molar-refractivity contribution in [2.45, 2.75) is 33.0 Å². The number of amides is 1. The molecule has 3 heterocycles. The smallest absolute Gasteiger partial charge is 0.407 e. The Balaban J connectivity index is 1.60. The Hall–Kier alpha value is -4.85. The zero-order valence-electron chi connectivity index (χ0n) is 21.2. The Morgan fingerprint density at radius 3 is 2.50 bits per heavy atom. The van der Waals surface area contributed by atoms with E-state index in [9.17, 15) is 9.90 Å². The van der Waals surface area contributed by atoms with Crippen LogP contribution in [-0.2, 0) is 13.1 Å². The number of hydrogen-bond acceptors (Lipinski definition) is 6. The van der Waals surface area contributed by atoms with Gasteiger partial charge in [0.05, 0.1) is 29.7 Å². The van der Waals surface area contributed by atoms with Gasteiger partial charge in [0.15, 0.2) is 5.82 Å². The van der Waals surface area contributed by atoms with Gasteiger partial charge in [-0.1, -0.05) is 48.5 Å². The number of anilines is 1. The number of nitrogens with zero attached hydrogens (tertiary/aromatic N) is 5. The van der Waals surface area contributed by atoms with Gasteiger partial charge in [-0.2, -0.15) is 0 Å². The van der Waals surface area contributed by atoms with Gasteiger partial charge >= 0.3 is 6.09 Å². The fourth-order valence-electron chi connectivity index (χ4n) is 4.34. The lowest BCUT2D eigenvalue weighted by atomic mass is 10.0. The number of rotatable bonds is 8. The number of pyridine rings is 2. The second kappa shape index (κ2) is 11.0. The molecule has 0 spiro atoms. The summed E-state index contributed by atoms with van der Waals surface area (Å²) < 4.78 is 0. The van der Waals surface area contributed by atoms with Gasteiger partial charge in [0.25, 0.3) is 0 Å². The molecule has 8 nitrogen and oxygen atoms in total. The topological polar surface area (TPSA) is 104 Å². The first-order chi connectivity index (χ1) is 18.5. The van der Waals surface area contributed by atoms with E-state index >= 15 is 0 Å². The number of fused-ring (bicyclic) bond motifs is 1. The molecule has 2 N–H and O–H groups in total. The number of nitrogens with one attached hydrogen (secondary N) is 1. The highest BCUT2D eigenvalue weighted by molar-refractivity contribution is 6.02. The van der Waals surface area contributed by atoms with Crippen molar-refractivity contribution in [1.82, 2.24) is 24.8 Å². The lowest BCUT2D eigenvalue weighted by Crippen LogP contribution is -2.35. The highest BCUT2D eigenvalue weighted by Gasteiger charge is 2.18. The molecule has 5 rings (SSSR count). The maximum Gasteiger partial charge on any atom is 0.407 e. The summed E-state index contributed by atoms with van der Waals surface area (Å²) in [5.74, 6) is 1.20. The second-order valence-electron chi connectivity index (χ2n) is 9.22. The maximum atomic E-state index is 11.7. The average molecular weight is 505 g/mol. The third kappa shape index (κ3) is 5.44. The van der Waals surface area contributed by atoms with Crippen LogP contribution in [0.25, 0.3) is 33.4 Å². The molecule has 0 bridgehead atoms. The highest BCUT2D eigenvalue weighted by Crippen LogP contribution is 2.34. The molecule has 38 heavy (non-hydrogen) atoms. The van der Waals surface area contributed by atoms with E-state index in [1.165, 1.54) is 4.90 Å². The second-order valence-corrected chi connectivity index (χ2v) is 9.22. The largest absolute Gasteiger partial charge is 0.465 e. The van der Waals surface area contributed by atoms with Crippen molar-refractivity contribution >= 4 is 22.8 Å². The van der Waals surface area contributed by atoms with Crippen molar-refractivity contribution in [3.8, 4) is 22.5 Å². The first-order valence-electron chi connectivity index (χ1n) is 12.4. The van der Waals surface area contributed by atoms with Crippen molar-refractivity contribution in [2.75, 3.05) is 5.32 Å². The summed E-state index contributed by atoms with van der Waals surface area (Å²) in [7, 11) is 0. The van der Waals surface area contributed by atoms with Crippen LogP contribution in [0.5, 0.6) is 0 Å². The molecule has 0 radical (unpaired) electrons. The molecule has 3 aromatic heterocycles. The first kappa shape index (κ1) is 24.8. The summed E-state index contributed by atoms with van der Waals surface area (Å²) in [5.41, 5.74) is 5.26. The van der Waals surface area contributed by atoms with Crippen molar-refractivity contribution in [3.05, 3.63) is 103 Å². The number of hydrogen-bond donors (Lipinski definition) is 2. The normalized spacial score (nSPS) is 11.0. The van der Waals surface area contributed by atoms with Crippen LogP contribution in [0.15, 0.2) is 91.4 Å². The molecule has 0 saturated heterocycles. The predicted molar refractivity (Wildman–Crippen MR) is 148 cm³/mol. The van der Waals surface area contributed by atoms with Crippen molar-refractivity contribution in [3.63, 3.8) is 0 Å². The Kier molecular flexibility index (Phi) is 7.21. The fraction of sp³-hybridized carbons (Fsp3) is 0.167. The van der Waals surface area contributed by atoms with Crippen LogP contribution in [0.2, 0.25) is 0 Å². The third-order valence-corrected chi connectivity index (χ3v) is 6.25. The van der Waals surface area contributed by atoms with Gasteiger partial charge < -0.3 is 15.3 Å². The fourth-order valence-corrected chi connectivity index (χ4v) is 4.34. The molecule has 8 heteroatoms. The van der Waals surface area contributed by atoms with Crippen LogP contribution in [0.4, 0.5) is 10.6 Å². The van der Waals surface area contributed by atoms with Crippen molar-refractivity contribution < 1.29 is 9.90 Å². The van der Waals surface area contributed by atoms with E-state index in [0.717, 1.165) is 33.3 Å². The van der Waals surface area contributed by atoms with Gasteiger partial charge in [0.1, 0.15) is 5.82 Å². The first-order valence-corrected chi connectivity index (χ1v) is 12.4. The van der Waals surface area contributed by atoms with E-state index in [0.29, 0.717) is 23.8 Å². The van der Waals surface area contributed by atoms with Crippen LogP contribution in [0.1, 0.15) is 25.1 Å². The molecule has 190 valence electrons. The molecule has 0 aliphatic carbocycles.